The van der Waals surface area contributed by atoms with Gasteiger partial charge >= 0.3 is 0 Å². The second kappa shape index (κ2) is 11.5. The number of nitrogens with zero attached hydrogens (tertiary/aromatic N) is 1. The van der Waals surface area contributed by atoms with Crippen molar-refractivity contribution >= 4 is 46.6 Å². The normalized spacial score (nSPS) is 13.8. The maximum absolute atomic E-state index is 4.05. The van der Waals surface area contributed by atoms with Crippen molar-refractivity contribution in [3.63, 3.8) is 0 Å². The zero-order valence-corrected chi connectivity index (χ0v) is 29.5. The van der Waals surface area contributed by atoms with E-state index in [1.807, 2.05) is 0 Å². The Morgan fingerprint density at radius 3 is 1.85 bits per heavy atom. The van der Waals surface area contributed by atoms with Crippen LogP contribution in [0.1, 0.15) is 27.8 Å². The minimum absolute atomic E-state index is 0.462. The van der Waals surface area contributed by atoms with Gasteiger partial charge in [0.25, 0.3) is 0 Å². The third kappa shape index (κ3) is 4.22. The summed E-state index contributed by atoms with van der Waals surface area (Å²) < 4.78 is 0. The van der Waals surface area contributed by atoms with Crippen molar-refractivity contribution in [2.75, 3.05) is 10.2 Å². The molecular formula is C50H35BN2. The van der Waals surface area contributed by atoms with E-state index in [-0.39, 0.29) is 0 Å². The van der Waals surface area contributed by atoms with Crippen LogP contribution in [0, 0.1) is 6.92 Å². The Bertz CT molecular complexity index is 2720. The van der Waals surface area contributed by atoms with Crippen LogP contribution in [0.15, 0.2) is 182 Å². The molecule has 0 saturated heterocycles. The lowest BCUT2D eigenvalue weighted by molar-refractivity contribution is 0.763. The van der Waals surface area contributed by atoms with Crippen LogP contribution in [0.2, 0.25) is 0 Å². The number of hydrogen-bond acceptors (Lipinski definition) is 2. The first-order valence-corrected chi connectivity index (χ1v) is 18.6. The Balaban J connectivity index is 1.24. The minimum Gasteiger partial charge on any atom is -0.354 e. The predicted molar refractivity (Wildman–Crippen MR) is 224 cm³/mol. The molecule has 248 valence electrons. The first-order valence-electron chi connectivity index (χ1n) is 18.6. The highest BCUT2D eigenvalue weighted by molar-refractivity contribution is 6.73. The lowest BCUT2D eigenvalue weighted by Gasteiger charge is -2.41. The summed E-state index contributed by atoms with van der Waals surface area (Å²) in [5.74, 6) is 0. The number of fused-ring (bicyclic) bond motifs is 11. The maximum Gasteiger partial charge on any atom is 0.198 e. The van der Waals surface area contributed by atoms with E-state index < -0.39 is 5.41 Å². The molecule has 11 rings (SSSR count). The number of aryl methyl sites for hydroxylation is 1. The molecule has 2 aliphatic heterocycles. The molecule has 0 amide bonds. The van der Waals surface area contributed by atoms with Crippen LogP contribution in [0.25, 0.3) is 33.4 Å². The van der Waals surface area contributed by atoms with E-state index in [0.717, 1.165) is 18.7 Å². The molecule has 0 atom stereocenters. The summed E-state index contributed by atoms with van der Waals surface area (Å²) in [6.07, 6.45) is 0. The van der Waals surface area contributed by atoms with Crippen LogP contribution in [-0.4, -0.2) is 7.28 Å². The number of anilines is 5. The fourth-order valence-electron chi connectivity index (χ4n) is 9.63. The van der Waals surface area contributed by atoms with Gasteiger partial charge in [-0.1, -0.05) is 151 Å². The molecule has 1 N–H and O–H groups in total. The first kappa shape index (κ1) is 30.1. The van der Waals surface area contributed by atoms with Crippen LogP contribution >= 0.6 is 0 Å². The molecule has 1 spiro atoms. The van der Waals surface area contributed by atoms with E-state index in [1.165, 1.54) is 89.2 Å². The average Bonchev–Trinajstić information content (AvgIpc) is 3.51. The van der Waals surface area contributed by atoms with E-state index in [0.29, 0.717) is 0 Å². The lowest BCUT2D eigenvalue weighted by Crippen LogP contribution is -2.41. The molecule has 0 fully saturated rings. The molecule has 2 heterocycles. The van der Waals surface area contributed by atoms with Crippen molar-refractivity contribution in [1.82, 2.24) is 0 Å². The topological polar surface area (TPSA) is 15.3 Å². The monoisotopic (exact) mass is 674 g/mol. The maximum atomic E-state index is 4.05. The first-order chi connectivity index (χ1) is 26.2. The van der Waals surface area contributed by atoms with Crippen molar-refractivity contribution in [3.8, 4) is 33.4 Å². The Kier molecular flexibility index (Phi) is 6.51. The van der Waals surface area contributed by atoms with Crippen LogP contribution in [0.5, 0.6) is 0 Å². The fraction of sp³-hybridized carbons (Fsp3) is 0.0400. The third-order valence-electron chi connectivity index (χ3n) is 11.8. The van der Waals surface area contributed by atoms with Crippen molar-refractivity contribution in [2.24, 2.45) is 0 Å². The number of nitrogens with one attached hydrogen (secondary N) is 1. The van der Waals surface area contributed by atoms with E-state index in [2.05, 4.69) is 199 Å². The van der Waals surface area contributed by atoms with Crippen LogP contribution in [0.4, 0.5) is 28.4 Å². The van der Waals surface area contributed by atoms with Crippen LogP contribution < -0.4 is 21.1 Å². The van der Waals surface area contributed by atoms with Crippen molar-refractivity contribution in [1.29, 1.82) is 0 Å². The number of benzene rings is 8. The van der Waals surface area contributed by atoms with Crippen molar-refractivity contribution in [2.45, 2.75) is 12.3 Å². The van der Waals surface area contributed by atoms with Crippen LogP contribution in [0.3, 0.4) is 0 Å². The smallest absolute Gasteiger partial charge is 0.198 e. The molecule has 53 heavy (non-hydrogen) atoms. The molecule has 2 nitrogen and oxygen atoms in total. The summed E-state index contributed by atoms with van der Waals surface area (Å²) in [6.45, 7) is 2.22. The van der Waals surface area contributed by atoms with Gasteiger partial charge in [-0.2, -0.15) is 0 Å². The molecule has 3 aliphatic rings. The molecule has 1 aliphatic carbocycles. The van der Waals surface area contributed by atoms with Gasteiger partial charge in [-0.15, -0.1) is 0 Å². The zero-order valence-electron chi connectivity index (χ0n) is 29.5. The third-order valence-corrected chi connectivity index (χ3v) is 11.8. The molecule has 8 aromatic carbocycles. The lowest BCUT2D eigenvalue weighted by atomic mass is 9.57. The molecule has 3 heteroatoms. The highest BCUT2D eigenvalue weighted by Crippen LogP contribution is 2.62. The van der Waals surface area contributed by atoms with E-state index >= 15 is 0 Å². The number of para-hydroxylation sites is 4. The SMILES string of the molecule is Cc1ccccc1-c1cc(-c2cccc3c2Nc2ccccc2C32c3ccccc3-c3ccccc32)c2c(c1)N(c1ccccc1)c1ccccc1B2. The van der Waals surface area contributed by atoms with Gasteiger partial charge in [0.1, 0.15) is 0 Å². The van der Waals surface area contributed by atoms with Gasteiger partial charge < -0.3 is 10.2 Å². The molecule has 0 saturated carbocycles. The van der Waals surface area contributed by atoms with E-state index in [1.54, 1.807) is 0 Å². The van der Waals surface area contributed by atoms with Gasteiger partial charge in [0, 0.05) is 28.3 Å². The second-order valence-electron chi connectivity index (χ2n) is 14.6. The fourth-order valence-corrected chi connectivity index (χ4v) is 9.63. The summed E-state index contributed by atoms with van der Waals surface area (Å²) in [6, 6.07) is 67.4. The molecule has 8 aromatic rings. The summed E-state index contributed by atoms with van der Waals surface area (Å²) in [7, 11) is 0.843. The number of hydrogen-bond donors (Lipinski definition) is 1. The predicted octanol–water partition coefficient (Wildman–Crippen LogP) is 10.9. The standard InChI is InChI=1S/C50H35BN2/c1-32-16-5-6-19-35(32)33-30-39(48-47(31-33)53(34-17-3-2-4-18-34)46-29-14-12-27-44(46)51-48)38-22-15-26-43-49(38)52-45-28-13-11-25-42(45)50(43)40-23-9-7-20-36(40)37-21-8-10-24-41(37)50/h2-31,51-52H,1H3. The molecule has 0 unspecified atom stereocenters. The summed E-state index contributed by atoms with van der Waals surface area (Å²) in [5.41, 5.74) is 22.2. The summed E-state index contributed by atoms with van der Waals surface area (Å²) in [4.78, 5) is 2.47. The minimum atomic E-state index is -0.462. The highest BCUT2D eigenvalue weighted by atomic mass is 15.1. The van der Waals surface area contributed by atoms with Gasteiger partial charge in [-0.25, -0.2) is 0 Å². The Morgan fingerprint density at radius 2 is 1.08 bits per heavy atom. The Labute approximate surface area is 311 Å². The van der Waals surface area contributed by atoms with Gasteiger partial charge in [0.15, 0.2) is 7.28 Å². The van der Waals surface area contributed by atoms with Crippen molar-refractivity contribution < 1.29 is 0 Å². The molecule has 0 radical (unpaired) electrons. The molecular weight excluding hydrogens is 639 g/mol. The van der Waals surface area contributed by atoms with E-state index in [4.69, 9.17) is 0 Å². The quantitative estimate of drug-likeness (QED) is 0.188. The molecule has 0 bridgehead atoms. The van der Waals surface area contributed by atoms with Gasteiger partial charge in [-0.3, -0.25) is 0 Å². The summed E-state index contributed by atoms with van der Waals surface area (Å²) >= 11 is 0. The van der Waals surface area contributed by atoms with Gasteiger partial charge in [0.05, 0.1) is 11.1 Å². The second-order valence-corrected chi connectivity index (χ2v) is 14.6. The number of rotatable bonds is 3. The zero-order chi connectivity index (χ0) is 35.1. The van der Waals surface area contributed by atoms with Crippen LogP contribution in [-0.2, 0) is 5.41 Å². The van der Waals surface area contributed by atoms with Crippen molar-refractivity contribution in [3.05, 3.63) is 210 Å². The Morgan fingerprint density at radius 1 is 0.472 bits per heavy atom. The van der Waals surface area contributed by atoms with Gasteiger partial charge in [-0.05, 0) is 104 Å². The largest absolute Gasteiger partial charge is 0.354 e. The van der Waals surface area contributed by atoms with Gasteiger partial charge in [0.2, 0.25) is 0 Å². The Hall–Kier alpha value is -6.58. The highest BCUT2D eigenvalue weighted by Gasteiger charge is 2.50. The summed E-state index contributed by atoms with van der Waals surface area (Å²) in [5, 5.41) is 4.05. The molecule has 0 aromatic heterocycles. The average molecular weight is 675 g/mol. The van der Waals surface area contributed by atoms with E-state index in [9.17, 15) is 0 Å².